The number of carboxylic acids is 1. The Morgan fingerprint density at radius 3 is 2.32 bits per heavy atom. The average Bonchev–Trinajstić information content (AvgIpc) is 2.77. The van der Waals surface area contributed by atoms with Crippen LogP contribution in [0.15, 0.2) is 11.6 Å². The van der Waals surface area contributed by atoms with Gasteiger partial charge >= 0.3 is 5.97 Å². The molecule has 0 aliphatic heterocycles. The van der Waals surface area contributed by atoms with Gasteiger partial charge in [-0.25, -0.2) is 0 Å². The largest absolute Gasteiger partial charge is 0.481 e. The summed E-state index contributed by atoms with van der Waals surface area (Å²) in [6, 6.07) is 0. The number of carboxylic acid groups (broad SMARTS) is 1. The topological polar surface area (TPSA) is 77.8 Å². The molecule has 0 aromatic rings. The Balaban J connectivity index is 1.61. The van der Waals surface area contributed by atoms with Crippen molar-refractivity contribution in [1.29, 1.82) is 0 Å². The summed E-state index contributed by atoms with van der Waals surface area (Å²) in [5, 5.41) is 31.5. The zero-order valence-electron chi connectivity index (χ0n) is 22.4. The lowest BCUT2D eigenvalue weighted by Crippen LogP contribution is -2.65. The number of aliphatic carboxylic acids is 1. The van der Waals surface area contributed by atoms with Gasteiger partial charge in [-0.2, -0.15) is 0 Å². The lowest BCUT2D eigenvalue weighted by atomic mass is 9.33. The molecule has 0 heterocycles. The van der Waals surface area contributed by atoms with Gasteiger partial charge in [0.1, 0.15) is 0 Å². The first-order valence-electron chi connectivity index (χ1n) is 14.0. The van der Waals surface area contributed by atoms with Crippen molar-refractivity contribution >= 4 is 5.97 Å². The zero-order valence-corrected chi connectivity index (χ0v) is 22.4. The zero-order chi connectivity index (χ0) is 24.9. The van der Waals surface area contributed by atoms with Gasteiger partial charge in [-0.3, -0.25) is 4.79 Å². The molecule has 192 valence electrons. The maximum Gasteiger partial charge on any atom is 0.310 e. The summed E-state index contributed by atoms with van der Waals surface area (Å²) >= 11 is 0. The predicted octanol–water partition coefficient (Wildman–Crippen LogP) is 6.06. The number of fused-ring (bicyclic) bond motifs is 7. The highest BCUT2D eigenvalue weighted by molar-refractivity contribution is 5.76. The molecule has 5 aliphatic rings. The van der Waals surface area contributed by atoms with Gasteiger partial charge < -0.3 is 15.3 Å². The summed E-state index contributed by atoms with van der Waals surface area (Å²) in [6.45, 7) is 14.5. The van der Waals surface area contributed by atoms with Crippen LogP contribution in [0.25, 0.3) is 0 Å². The highest BCUT2D eigenvalue weighted by Gasteiger charge is 2.69. The molecule has 0 amide bonds. The minimum absolute atomic E-state index is 0.000670. The Morgan fingerprint density at radius 2 is 1.68 bits per heavy atom. The third-order valence-corrected chi connectivity index (χ3v) is 13.4. The Labute approximate surface area is 206 Å². The van der Waals surface area contributed by atoms with Gasteiger partial charge in [0.05, 0.1) is 11.5 Å². The fraction of sp³-hybridized carbons (Fsp3) is 0.900. The molecule has 3 N–H and O–H groups in total. The third-order valence-electron chi connectivity index (χ3n) is 13.4. The van der Waals surface area contributed by atoms with E-state index in [-0.39, 0.29) is 52.1 Å². The first-order chi connectivity index (χ1) is 15.8. The summed E-state index contributed by atoms with van der Waals surface area (Å²) < 4.78 is 0. The lowest BCUT2D eigenvalue weighted by Gasteiger charge is -2.71. The maximum absolute atomic E-state index is 12.8. The maximum atomic E-state index is 12.8. The molecule has 1 unspecified atom stereocenters. The van der Waals surface area contributed by atoms with Crippen LogP contribution in [0.5, 0.6) is 0 Å². The fourth-order valence-corrected chi connectivity index (χ4v) is 11.0. The van der Waals surface area contributed by atoms with E-state index in [1.807, 2.05) is 0 Å². The average molecular weight is 473 g/mol. The van der Waals surface area contributed by atoms with Gasteiger partial charge in [-0.05, 0) is 109 Å². The van der Waals surface area contributed by atoms with Crippen LogP contribution < -0.4 is 0 Å². The molecule has 5 aliphatic carbocycles. The van der Waals surface area contributed by atoms with Crippen molar-refractivity contribution in [2.45, 2.75) is 105 Å². The van der Waals surface area contributed by atoms with Crippen molar-refractivity contribution in [3.05, 3.63) is 11.6 Å². The summed E-state index contributed by atoms with van der Waals surface area (Å²) in [4.78, 5) is 12.8. The minimum atomic E-state index is -0.669. The van der Waals surface area contributed by atoms with Crippen LogP contribution in [-0.4, -0.2) is 34.0 Å². The number of carbonyl (C=O) groups is 1. The van der Waals surface area contributed by atoms with Crippen LogP contribution in [0.3, 0.4) is 0 Å². The quantitative estimate of drug-likeness (QED) is 0.427. The molecule has 0 spiro atoms. The van der Waals surface area contributed by atoms with Gasteiger partial charge in [0.25, 0.3) is 0 Å². The Bertz CT molecular complexity index is 892. The van der Waals surface area contributed by atoms with Crippen LogP contribution in [0.4, 0.5) is 0 Å². The van der Waals surface area contributed by atoms with E-state index in [4.69, 9.17) is 0 Å². The van der Waals surface area contributed by atoms with Gasteiger partial charge in [0.15, 0.2) is 0 Å². The molecular weight excluding hydrogens is 424 g/mol. The van der Waals surface area contributed by atoms with E-state index in [1.165, 1.54) is 5.57 Å². The van der Waals surface area contributed by atoms with Crippen LogP contribution in [-0.2, 0) is 4.79 Å². The number of aliphatic hydroxyl groups excluding tert-OH is 2. The van der Waals surface area contributed by atoms with Gasteiger partial charge in [0.2, 0.25) is 0 Å². The van der Waals surface area contributed by atoms with E-state index < -0.39 is 11.4 Å². The normalized spacial score (nSPS) is 54.1. The van der Waals surface area contributed by atoms with E-state index in [9.17, 15) is 20.1 Å². The fourth-order valence-electron chi connectivity index (χ4n) is 11.0. The van der Waals surface area contributed by atoms with E-state index in [1.54, 1.807) is 0 Å². The summed E-state index contributed by atoms with van der Waals surface area (Å²) in [5.41, 5.74) is 1.03. The second kappa shape index (κ2) is 7.57. The van der Waals surface area contributed by atoms with Crippen LogP contribution >= 0.6 is 0 Å². The van der Waals surface area contributed by atoms with E-state index in [0.717, 1.165) is 51.4 Å². The SMILES string of the molecule is C[C@@H]1C2C3=CC[C@@H]4[C@@]5(C)CC[C@H](O)C(C)(C)[C@@H]5CC[C@@]4(C)[C@]3(C)CC[C@@]2(C(=O)O)CC[C@H]1CO. The Morgan fingerprint density at radius 1 is 0.971 bits per heavy atom. The molecule has 0 radical (unpaired) electrons. The molecule has 4 saturated carbocycles. The summed E-state index contributed by atoms with van der Waals surface area (Å²) in [7, 11) is 0. The molecule has 0 bridgehead atoms. The van der Waals surface area contributed by atoms with Crippen molar-refractivity contribution in [2.75, 3.05) is 6.61 Å². The number of hydrogen-bond acceptors (Lipinski definition) is 3. The molecule has 34 heavy (non-hydrogen) atoms. The third kappa shape index (κ3) is 2.82. The second-order valence-electron chi connectivity index (χ2n) is 14.4. The van der Waals surface area contributed by atoms with Crippen molar-refractivity contribution in [3.8, 4) is 0 Å². The molecule has 0 aromatic heterocycles. The monoisotopic (exact) mass is 472 g/mol. The summed E-state index contributed by atoms with van der Waals surface area (Å²) in [5.74, 6) is 0.882. The second-order valence-corrected chi connectivity index (χ2v) is 14.4. The van der Waals surface area contributed by atoms with Crippen LogP contribution in [0.2, 0.25) is 0 Å². The van der Waals surface area contributed by atoms with E-state index in [0.29, 0.717) is 18.3 Å². The summed E-state index contributed by atoms with van der Waals surface area (Å²) in [6.07, 6.45) is 10.8. The molecule has 5 rings (SSSR count). The first kappa shape index (κ1) is 24.8. The van der Waals surface area contributed by atoms with Gasteiger partial charge in [0, 0.05) is 6.61 Å². The van der Waals surface area contributed by atoms with E-state index >= 15 is 0 Å². The van der Waals surface area contributed by atoms with E-state index in [2.05, 4.69) is 47.6 Å². The van der Waals surface area contributed by atoms with Crippen molar-refractivity contribution in [2.24, 2.45) is 56.7 Å². The highest BCUT2D eigenvalue weighted by atomic mass is 16.4. The van der Waals surface area contributed by atoms with Crippen LogP contribution in [0.1, 0.15) is 99.3 Å². The molecule has 4 heteroatoms. The standard InChI is InChI=1S/C30H48O4/c1-18-19(17-31)9-14-30(25(33)34)16-15-28(5)20(24(18)30)7-8-22-27(4)12-11-23(32)26(2,3)21(27)10-13-29(22,28)6/h7,18-19,21-24,31-32H,8-17H2,1-6H3,(H,33,34)/t18-,19-,21-,22+,23-,24?,27-,28+,29+,30-/m0/s1. The molecule has 4 fully saturated rings. The lowest BCUT2D eigenvalue weighted by molar-refractivity contribution is -0.207. The molecule has 4 nitrogen and oxygen atoms in total. The van der Waals surface area contributed by atoms with Crippen LogP contribution in [0, 0.1) is 56.7 Å². The molecular formula is C30H48O4. The Kier molecular flexibility index (Phi) is 5.52. The minimum Gasteiger partial charge on any atom is -0.481 e. The van der Waals surface area contributed by atoms with Gasteiger partial charge in [-0.15, -0.1) is 0 Å². The number of rotatable bonds is 2. The molecule has 0 aromatic carbocycles. The highest BCUT2D eigenvalue weighted by Crippen LogP contribution is 2.75. The Hall–Kier alpha value is -0.870. The predicted molar refractivity (Wildman–Crippen MR) is 134 cm³/mol. The van der Waals surface area contributed by atoms with Crippen molar-refractivity contribution in [3.63, 3.8) is 0 Å². The van der Waals surface area contributed by atoms with Crippen molar-refractivity contribution in [1.82, 2.24) is 0 Å². The smallest absolute Gasteiger partial charge is 0.310 e. The number of aliphatic hydroxyl groups is 2. The molecule has 10 atom stereocenters. The molecule has 0 saturated heterocycles. The first-order valence-corrected chi connectivity index (χ1v) is 14.0. The number of allylic oxidation sites excluding steroid dienone is 2. The van der Waals surface area contributed by atoms with Crippen molar-refractivity contribution < 1.29 is 20.1 Å². The van der Waals surface area contributed by atoms with Gasteiger partial charge in [-0.1, -0.05) is 53.2 Å². The number of hydrogen-bond donors (Lipinski definition) is 3.